The zero-order chi connectivity index (χ0) is 17.9. The van der Waals surface area contributed by atoms with E-state index in [1.165, 1.54) is 11.9 Å². The number of methoxy groups -OCH3 is 2. The molecule has 0 N–H and O–H groups in total. The number of halogens is 4. The van der Waals surface area contributed by atoms with Gasteiger partial charge in [0, 0.05) is 11.1 Å². The molecule has 3 rings (SSSR count). The molecule has 4 atom stereocenters. The molecule has 2 heterocycles. The zero-order valence-electron chi connectivity index (χ0n) is 12.9. The number of fused-ring (bicyclic) bond motifs is 5. The van der Waals surface area contributed by atoms with Crippen LogP contribution in [0.25, 0.3) is 0 Å². The van der Waals surface area contributed by atoms with Crippen LogP contribution < -0.4 is 0 Å². The molecule has 1 saturated heterocycles. The third-order valence-electron chi connectivity index (χ3n) is 4.82. The summed E-state index contributed by atoms with van der Waals surface area (Å²) in [6.07, 6.45) is 0. The molecule has 2 bridgehead atoms. The third kappa shape index (κ3) is 1.84. The first-order valence-corrected chi connectivity index (χ1v) is 7.01. The summed E-state index contributed by atoms with van der Waals surface area (Å²) in [5.74, 6) is -11.2. The standard InChI is InChI=1S/C15H13F4NO4/c1-20-12-4-5(9(17)11(19)10(18)8(4)16)13(20)7(15(22)24-3)6(12)14(21)23-2/h6-7,12-13H,1-3H3/t6-,7+,12-,13+. The summed E-state index contributed by atoms with van der Waals surface area (Å²) in [7, 11) is 3.56. The van der Waals surface area contributed by atoms with E-state index in [1.54, 1.807) is 0 Å². The summed E-state index contributed by atoms with van der Waals surface area (Å²) in [5, 5.41) is 0. The van der Waals surface area contributed by atoms with Crippen molar-refractivity contribution in [2.45, 2.75) is 12.1 Å². The number of esters is 2. The fraction of sp³-hybridized carbons (Fsp3) is 0.467. The number of ether oxygens (including phenoxy) is 2. The molecule has 130 valence electrons. The highest BCUT2D eigenvalue weighted by molar-refractivity contribution is 5.86. The molecule has 5 nitrogen and oxygen atoms in total. The van der Waals surface area contributed by atoms with Gasteiger partial charge >= 0.3 is 11.9 Å². The van der Waals surface area contributed by atoms with Gasteiger partial charge in [-0.1, -0.05) is 0 Å². The first-order chi connectivity index (χ1) is 11.3. The van der Waals surface area contributed by atoms with Gasteiger partial charge in [-0.05, 0) is 7.05 Å². The number of nitrogens with zero attached hydrogens (tertiary/aromatic N) is 1. The zero-order valence-corrected chi connectivity index (χ0v) is 12.9. The fourth-order valence-corrected chi connectivity index (χ4v) is 3.91. The van der Waals surface area contributed by atoms with Crippen LogP contribution in [0.4, 0.5) is 17.6 Å². The molecule has 1 fully saturated rings. The lowest BCUT2D eigenvalue weighted by molar-refractivity contribution is -0.157. The van der Waals surface area contributed by atoms with Crippen LogP contribution in [-0.4, -0.2) is 38.1 Å². The quantitative estimate of drug-likeness (QED) is 0.354. The Morgan fingerprint density at radius 1 is 0.792 bits per heavy atom. The SMILES string of the molecule is COC(=O)[C@@H]1[C@H](C(=O)OC)[C@@H]2c3c(F)c(F)c(F)c(F)c3[C@H]1N2C. The van der Waals surface area contributed by atoms with Crippen LogP contribution in [0.1, 0.15) is 23.2 Å². The maximum atomic E-state index is 14.2. The van der Waals surface area contributed by atoms with Crippen LogP contribution in [0.2, 0.25) is 0 Å². The van der Waals surface area contributed by atoms with E-state index in [0.29, 0.717) is 0 Å². The number of carbonyl (C=O) groups excluding carboxylic acids is 2. The van der Waals surface area contributed by atoms with Crippen molar-refractivity contribution >= 4 is 11.9 Å². The second-order valence-corrected chi connectivity index (χ2v) is 5.74. The summed E-state index contributed by atoms with van der Waals surface area (Å²) >= 11 is 0. The van der Waals surface area contributed by atoms with Gasteiger partial charge in [0.25, 0.3) is 0 Å². The smallest absolute Gasteiger partial charge is 0.311 e. The topological polar surface area (TPSA) is 55.8 Å². The van der Waals surface area contributed by atoms with Gasteiger partial charge in [0.1, 0.15) is 0 Å². The van der Waals surface area contributed by atoms with Crippen molar-refractivity contribution in [3.8, 4) is 0 Å². The minimum absolute atomic E-state index is 0.463. The molecule has 2 aliphatic rings. The van der Waals surface area contributed by atoms with Crippen LogP contribution in [0, 0.1) is 35.1 Å². The molecule has 0 saturated carbocycles. The molecule has 1 aromatic carbocycles. The van der Waals surface area contributed by atoms with Crippen molar-refractivity contribution in [2.24, 2.45) is 11.8 Å². The Morgan fingerprint density at radius 3 is 1.42 bits per heavy atom. The average Bonchev–Trinajstić information content (AvgIpc) is 3.04. The number of rotatable bonds is 2. The van der Waals surface area contributed by atoms with Gasteiger partial charge in [-0.2, -0.15) is 0 Å². The predicted molar refractivity (Wildman–Crippen MR) is 70.5 cm³/mol. The highest BCUT2D eigenvalue weighted by Crippen LogP contribution is 2.60. The van der Waals surface area contributed by atoms with E-state index in [1.807, 2.05) is 0 Å². The number of hydrogen-bond acceptors (Lipinski definition) is 5. The van der Waals surface area contributed by atoms with Crippen molar-refractivity contribution in [2.75, 3.05) is 21.3 Å². The molecule has 0 spiro atoms. The molecular formula is C15H13F4NO4. The Kier molecular flexibility index (Phi) is 3.78. The molecule has 1 aromatic rings. The summed E-state index contributed by atoms with van der Waals surface area (Å²) in [5.41, 5.74) is -0.927. The summed E-state index contributed by atoms with van der Waals surface area (Å²) < 4.78 is 65.0. The second kappa shape index (κ2) is 5.44. The van der Waals surface area contributed by atoms with E-state index in [4.69, 9.17) is 0 Å². The molecule has 2 aliphatic heterocycles. The van der Waals surface area contributed by atoms with Gasteiger partial charge in [-0.3, -0.25) is 14.5 Å². The first-order valence-electron chi connectivity index (χ1n) is 7.01. The third-order valence-corrected chi connectivity index (χ3v) is 4.82. The van der Waals surface area contributed by atoms with Gasteiger partial charge in [0.2, 0.25) is 0 Å². The average molecular weight is 347 g/mol. The molecule has 0 unspecified atom stereocenters. The van der Waals surface area contributed by atoms with Gasteiger partial charge < -0.3 is 9.47 Å². The Morgan fingerprint density at radius 2 is 1.12 bits per heavy atom. The predicted octanol–water partition coefficient (Wildman–Crippen LogP) is 1.86. The summed E-state index contributed by atoms with van der Waals surface area (Å²) in [4.78, 5) is 25.5. The van der Waals surface area contributed by atoms with Crippen molar-refractivity contribution in [1.82, 2.24) is 4.90 Å². The molecular weight excluding hydrogens is 334 g/mol. The van der Waals surface area contributed by atoms with Crippen molar-refractivity contribution < 1.29 is 36.6 Å². The molecule has 24 heavy (non-hydrogen) atoms. The maximum Gasteiger partial charge on any atom is 0.311 e. The van der Waals surface area contributed by atoms with E-state index in [0.717, 1.165) is 14.2 Å². The van der Waals surface area contributed by atoms with Gasteiger partial charge in [0.05, 0.1) is 38.1 Å². The lowest BCUT2D eigenvalue weighted by atomic mass is 9.75. The summed E-state index contributed by atoms with van der Waals surface area (Å²) in [6, 6.07) is -2.32. The van der Waals surface area contributed by atoms with Crippen LogP contribution in [0.15, 0.2) is 0 Å². The minimum atomic E-state index is -1.95. The van der Waals surface area contributed by atoms with Crippen LogP contribution in [-0.2, 0) is 19.1 Å². The summed E-state index contributed by atoms with van der Waals surface area (Å²) in [6.45, 7) is 0. The van der Waals surface area contributed by atoms with Gasteiger partial charge in [-0.25, -0.2) is 17.6 Å². The molecule has 0 radical (unpaired) electrons. The fourth-order valence-electron chi connectivity index (χ4n) is 3.91. The van der Waals surface area contributed by atoms with Crippen molar-refractivity contribution in [1.29, 1.82) is 0 Å². The van der Waals surface area contributed by atoms with Crippen molar-refractivity contribution in [3.63, 3.8) is 0 Å². The van der Waals surface area contributed by atoms with E-state index < -0.39 is 70.3 Å². The van der Waals surface area contributed by atoms with Crippen LogP contribution in [0.3, 0.4) is 0 Å². The molecule has 9 heteroatoms. The van der Waals surface area contributed by atoms with Gasteiger partial charge in [0.15, 0.2) is 23.3 Å². The maximum absolute atomic E-state index is 14.2. The first kappa shape index (κ1) is 16.7. The Bertz CT molecular complexity index is 693. The Balaban J connectivity index is 2.29. The number of carbonyl (C=O) groups is 2. The largest absolute Gasteiger partial charge is 0.469 e. The van der Waals surface area contributed by atoms with Crippen LogP contribution in [0.5, 0.6) is 0 Å². The Labute approximate surface area is 134 Å². The van der Waals surface area contributed by atoms with E-state index >= 15 is 0 Å². The lowest BCUT2D eigenvalue weighted by Crippen LogP contribution is -2.36. The lowest BCUT2D eigenvalue weighted by Gasteiger charge is -2.28. The van der Waals surface area contributed by atoms with Crippen molar-refractivity contribution in [3.05, 3.63) is 34.4 Å². The van der Waals surface area contributed by atoms with E-state index in [-0.39, 0.29) is 0 Å². The van der Waals surface area contributed by atoms with Gasteiger partial charge in [-0.15, -0.1) is 0 Å². The highest BCUT2D eigenvalue weighted by Gasteiger charge is 2.63. The molecule has 0 aliphatic carbocycles. The number of benzene rings is 1. The normalized spacial score (nSPS) is 28.0. The monoisotopic (exact) mass is 347 g/mol. The van der Waals surface area contributed by atoms with E-state index in [2.05, 4.69) is 9.47 Å². The minimum Gasteiger partial charge on any atom is -0.469 e. The Hall–Kier alpha value is -2.16. The number of hydrogen-bond donors (Lipinski definition) is 0. The highest BCUT2D eigenvalue weighted by atomic mass is 19.2. The second-order valence-electron chi connectivity index (χ2n) is 5.74. The molecule has 0 amide bonds. The molecule has 0 aromatic heterocycles. The van der Waals surface area contributed by atoms with E-state index in [9.17, 15) is 27.2 Å². The van der Waals surface area contributed by atoms with Crippen LogP contribution >= 0.6 is 0 Å².